The molecule has 0 bridgehead atoms. The van der Waals surface area contributed by atoms with Gasteiger partial charge < -0.3 is 10.6 Å². The van der Waals surface area contributed by atoms with Crippen molar-refractivity contribution < 1.29 is 0 Å². The molecule has 1 aliphatic rings. The van der Waals surface area contributed by atoms with Gasteiger partial charge >= 0.3 is 0 Å². The number of hydrogen-bond donors (Lipinski definition) is 1. The lowest BCUT2D eigenvalue weighted by Gasteiger charge is -2.30. The van der Waals surface area contributed by atoms with Gasteiger partial charge in [-0.2, -0.15) is 0 Å². The van der Waals surface area contributed by atoms with E-state index in [0.29, 0.717) is 12.6 Å². The zero-order valence-corrected chi connectivity index (χ0v) is 11.2. The summed E-state index contributed by atoms with van der Waals surface area (Å²) in [5.41, 5.74) is 9.66. The van der Waals surface area contributed by atoms with E-state index in [9.17, 15) is 0 Å². The first-order valence-corrected chi connectivity index (χ1v) is 6.69. The zero-order chi connectivity index (χ0) is 12.4. The molecule has 0 amide bonds. The van der Waals surface area contributed by atoms with E-state index in [2.05, 4.69) is 43.9 Å². The molecule has 1 heterocycles. The fraction of sp³-hybridized carbons (Fsp3) is 0.600. The van der Waals surface area contributed by atoms with E-state index in [1.807, 2.05) is 0 Å². The molecule has 0 aromatic heterocycles. The van der Waals surface area contributed by atoms with E-state index < -0.39 is 0 Å². The maximum Gasteiger partial charge on any atom is 0.0371 e. The topological polar surface area (TPSA) is 29.3 Å². The number of rotatable bonds is 3. The molecule has 0 radical (unpaired) electrons. The summed E-state index contributed by atoms with van der Waals surface area (Å²) >= 11 is 0. The van der Waals surface area contributed by atoms with Crippen molar-refractivity contribution >= 4 is 5.69 Å². The molecule has 1 unspecified atom stereocenters. The van der Waals surface area contributed by atoms with Crippen LogP contribution in [0.25, 0.3) is 0 Å². The Bertz CT molecular complexity index is 385. The highest BCUT2D eigenvalue weighted by molar-refractivity contribution is 5.52. The SMILES string of the molecule is Cc1cc(N2CCCC2C(C)C)ccc1CN. The van der Waals surface area contributed by atoms with Gasteiger partial charge in [-0.3, -0.25) is 0 Å². The molecule has 2 rings (SSSR count). The third-order valence-corrected chi connectivity index (χ3v) is 3.95. The van der Waals surface area contributed by atoms with Crippen molar-refractivity contribution in [1.29, 1.82) is 0 Å². The summed E-state index contributed by atoms with van der Waals surface area (Å²) in [6, 6.07) is 7.41. The van der Waals surface area contributed by atoms with E-state index in [-0.39, 0.29) is 0 Å². The second-order valence-electron chi connectivity index (χ2n) is 5.46. The second-order valence-corrected chi connectivity index (χ2v) is 5.46. The van der Waals surface area contributed by atoms with E-state index in [1.54, 1.807) is 0 Å². The average molecular weight is 232 g/mol. The predicted octanol–water partition coefficient (Wildman–Crippen LogP) is 3.08. The van der Waals surface area contributed by atoms with Crippen molar-refractivity contribution in [1.82, 2.24) is 0 Å². The molecular formula is C15H24N2. The van der Waals surface area contributed by atoms with Gasteiger partial charge in [-0.05, 0) is 48.9 Å². The van der Waals surface area contributed by atoms with E-state index in [1.165, 1.54) is 36.2 Å². The number of anilines is 1. The predicted molar refractivity (Wildman–Crippen MR) is 74.3 cm³/mol. The summed E-state index contributed by atoms with van der Waals surface area (Å²) in [5.74, 6) is 0.729. The Kier molecular flexibility index (Phi) is 3.72. The van der Waals surface area contributed by atoms with Gasteiger partial charge in [0.15, 0.2) is 0 Å². The van der Waals surface area contributed by atoms with Crippen LogP contribution in [0.3, 0.4) is 0 Å². The first-order chi connectivity index (χ1) is 8.13. The van der Waals surface area contributed by atoms with Crippen LogP contribution in [0.4, 0.5) is 5.69 Å². The molecule has 17 heavy (non-hydrogen) atoms. The van der Waals surface area contributed by atoms with Crippen molar-refractivity contribution in [2.24, 2.45) is 11.7 Å². The maximum atomic E-state index is 5.72. The summed E-state index contributed by atoms with van der Waals surface area (Å²) in [7, 11) is 0. The molecule has 2 N–H and O–H groups in total. The average Bonchev–Trinajstić information content (AvgIpc) is 2.77. The van der Waals surface area contributed by atoms with Crippen LogP contribution in [0.2, 0.25) is 0 Å². The molecule has 1 aliphatic heterocycles. The third-order valence-electron chi connectivity index (χ3n) is 3.95. The lowest BCUT2D eigenvalue weighted by Crippen LogP contribution is -2.33. The summed E-state index contributed by atoms with van der Waals surface area (Å²) in [6.07, 6.45) is 2.65. The van der Waals surface area contributed by atoms with Gasteiger partial charge in [-0.1, -0.05) is 19.9 Å². The Labute approximate surface area is 105 Å². The summed E-state index contributed by atoms with van der Waals surface area (Å²) in [6.45, 7) is 8.64. The lowest BCUT2D eigenvalue weighted by molar-refractivity contribution is 0.492. The minimum absolute atomic E-state index is 0.639. The molecule has 1 aromatic rings. The van der Waals surface area contributed by atoms with E-state index in [0.717, 1.165) is 5.92 Å². The molecule has 1 atom stereocenters. The summed E-state index contributed by atoms with van der Waals surface area (Å²) in [5, 5.41) is 0. The Morgan fingerprint density at radius 1 is 1.41 bits per heavy atom. The van der Waals surface area contributed by atoms with Gasteiger partial charge in [-0.15, -0.1) is 0 Å². The fourth-order valence-electron chi connectivity index (χ4n) is 2.89. The zero-order valence-electron chi connectivity index (χ0n) is 11.2. The molecule has 0 aliphatic carbocycles. The van der Waals surface area contributed by atoms with Crippen LogP contribution >= 0.6 is 0 Å². The van der Waals surface area contributed by atoms with Crippen molar-refractivity contribution in [3.05, 3.63) is 29.3 Å². The minimum Gasteiger partial charge on any atom is -0.368 e. The Hall–Kier alpha value is -1.02. The first-order valence-electron chi connectivity index (χ1n) is 6.69. The van der Waals surface area contributed by atoms with Crippen LogP contribution in [0, 0.1) is 12.8 Å². The van der Waals surface area contributed by atoms with Gasteiger partial charge in [-0.25, -0.2) is 0 Å². The van der Waals surface area contributed by atoms with Gasteiger partial charge in [0.2, 0.25) is 0 Å². The molecule has 94 valence electrons. The number of nitrogens with two attached hydrogens (primary N) is 1. The van der Waals surface area contributed by atoms with E-state index >= 15 is 0 Å². The van der Waals surface area contributed by atoms with Crippen molar-refractivity contribution in [2.45, 2.75) is 46.2 Å². The van der Waals surface area contributed by atoms with Crippen molar-refractivity contribution in [3.8, 4) is 0 Å². The number of hydrogen-bond acceptors (Lipinski definition) is 2. The summed E-state index contributed by atoms with van der Waals surface area (Å²) in [4.78, 5) is 2.57. The van der Waals surface area contributed by atoms with Crippen LogP contribution in [0.1, 0.15) is 37.8 Å². The normalized spacial score (nSPS) is 20.3. The highest BCUT2D eigenvalue weighted by atomic mass is 15.2. The second kappa shape index (κ2) is 5.09. The number of benzene rings is 1. The van der Waals surface area contributed by atoms with Crippen molar-refractivity contribution in [3.63, 3.8) is 0 Å². The first kappa shape index (κ1) is 12.4. The highest BCUT2D eigenvalue weighted by Gasteiger charge is 2.27. The third kappa shape index (κ3) is 2.47. The maximum absolute atomic E-state index is 5.72. The van der Waals surface area contributed by atoms with E-state index in [4.69, 9.17) is 5.73 Å². The quantitative estimate of drug-likeness (QED) is 0.867. The molecule has 1 fully saturated rings. The largest absolute Gasteiger partial charge is 0.368 e. The number of aryl methyl sites for hydroxylation is 1. The van der Waals surface area contributed by atoms with Gasteiger partial charge in [0.05, 0.1) is 0 Å². The van der Waals surface area contributed by atoms with Crippen LogP contribution in [0.15, 0.2) is 18.2 Å². The Morgan fingerprint density at radius 3 is 2.76 bits per heavy atom. The van der Waals surface area contributed by atoms with Crippen LogP contribution in [0.5, 0.6) is 0 Å². The highest BCUT2D eigenvalue weighted by Crippen LogP contribution is 2.30. The Balaban J connectivity index is 2.24. The molecule has 2 heteroatoms. The van der Waals surface area contributed by atoms with Crippen molar-refractivity contribution in [2.75, 3.05) is 11.4 Å². The van der Waals surface area contributed by atoms with Gasteiger partial charge in [0.1, 0.15) is 0 Å². The molecular weight excluding hydrogens is 208 g/mol. The van der Waals surface area contributed by atoms with Gasteiger partial charge in [0.25, 0.3) is 0 Å². The number of nitrogens with zero attached hydrogens (tertiary/aromatic N) is 1. The summed E-state index contributed by atoms with van der Waals surface area (Å²) < 4.78 is 0. The fourth-order valence-corrected chi connectivity index (χ4v) is 2.89. The molecule has 1 saturated heterocycles. The minimum atomic E-state index is 0.639. The molecule has 0 spiro atoms. The smallest absolute Gasteiger partial charge is 0.0371 e. The molecule has 2 nitrogen and oxygen atoms in total. The van der Waals surface area contributed by atoms with Crippen LogP contribution in [-0.4, -0.2) is 12.6 Å². The standard InChI is InChI=1S/C15H24N2/c1-11(2)15-5-4-8-17(15)14-7-6-13(10-16)12(3)9-14/h6-7,9,11,15H,4-5,8,10,16H2,1-3H3. The van der Waals surface area contributed by atoms with Crippen LogP contribution in [-0.2, 0) is 6.54 Å². The molecule has 1 aromatic carbocycles. The lowest BCUT2D eigenvalue weighted by atomic mass is 10.0. The van der Waals surface area contributed by atoms with Crippen LogP contribution < -0.4 is 10.6 Å². The Morgan fingerprint density at radius 2 is 2.18 bits per heavy atom. The monoisotopic (exact) mass is 232 g/mol. The van der Waals surface area contributed by atoms with Gasteiger partial charge in [0, 0.05) is 24.8 Å². The molecule has 0 saturated carbocycles.